The Morgan fingerprint density at radius 1 is 0.905 bits per heavy atom. The number of hydrogen-bond acceptors (Lipinski definition) is 1. The molecule has 0 aliphatic carbocycles. The van der Waals surface area contributed by atoms with Crippen LogP contribution in [-0.2, 0) is 13.1 Å². The van der Waals surface area contributed by atoms with Gasteiger partial charge in [-0.2, -0.15) is 0 Å². The molecule has 0 radical (unpaired) electrons. The van der Waals surface area contributed by atoms with Gasteiger partial charge in [0, 0.05) is 17.6 Å². The highest BCUT2D eigenvalue weighted by Gasteiger charge is 2.02. The van der Waals surface area contributed by atoms with Gasteiger partial charge in [-0.25, -0.2) is 4.39 Å². The zero-order valence-electron chi connectivity index (χ0n) is 11.4. The molecule has 0 bridgehead atoms. The Kier molecular flexibility index (Phi) is 4.32. The monoisotopic (exact) mass is 343 g/mol. The molecule has 1 nitrogen and oxygen atoms in total. The van der Waals surface area contributed by atoms with E-state index in [0.29, 0.717) is 6.54 Å². The van der Waals surface area contributed by atoms with E-state index in [2.05, 4.69) is 57.6 Å². The lowest BCUT2D eigenvalue weighted by Gasteiger charge is -2.09. The van der Waals surface area contributed by atoms with Gasteiger partial charge in [-0.15, -0.1) is 0 Å². The molecule has 0 fully saturated rings. The quantitative estimate of drug-likeness (QED) is 0.700. The van der Waals surface area contributed by atoms with Crippen LogP contribution in [0.5, 0.6) is 0 Å². The molecule has 3 aromatic carbocycles. The van der Waals surface area contributed by atoms with Crippen LogP contribution in [0.4, 0.5) is 4.39 Å². The van der Waals surface area contributed by atoms with Crippen LogP contribution in [-0.4, -0.2) is 0 Å². The summed E-state index contributed by atoms with van der Waals surface area (Å²) in [6.07, 6.45) is 0. The van der Waals surface area contributed by atoms with Crippen LogP contribution in [0.25, 0.3) is 10.8 Å². The Bertz CT molecular complexity index is 745. The van der Waals surface area contributed by atoms with Crippen LogP contribution in [0, 0.1) is 5.82 Å². The Hall–Kier alpha value is -1.71. The number of nitrogens with one attached hydrogen (secondary N) is 1. The van der Waals surface area contributed by atoms with Gasteiger partial charge in [-0.05, 0) is 40.1 Å². The van der Waals surface area contributed by atoms with Gasteiger partial charge in [0.15, 0.2) is 0 Å². The summed E-state index contributed by atoms with van der Waals surface area (Å²) in [6.45, 7) is 1.40. The van der Waals surface area contributed by atoms with Crippen molar-refractivity contribution in [2.24, 2.45) is 0 Å². The van der Waals surface area contributed by atoms with E-state index in [-0.39, 0.29) is 5.82 Å². The van der Waals surface area contributed by atoms with E-state index in [1.54, 1.807) is 6.07 Å². The molecule has 0 atom stereocenters. The summed E-state index contributed by atoms with van der Waals surface area (Å²) >= 11 is 3.31. The molecule has 3 aromatic rings. The molecule has 0 saturated carbocycles. The van der Waals surface area contributed by atoms with E-state index in [0.717, 1.165) is 16.6 Å². The Morgan fingerprint density at radius 2 is 1.71 bits per heavy atom. The Balaban J connectivity index is 1.72. The standard InChI is InChI=1S/C18H15BrFN/c19-16-8-13(9-17(20)10-16)11-21-12-15-6-3-5-14-4-1-2-7-18(14)15/h1-10,21H,11-12H2. The van der Waals surface area contributed by atoms with Crippen molar-refractivity contribution in [1.82, 2.24) is 5.32 Å². The molecule has 0 heterocycles. The maximum atomic E-state index is 13.3. The first-order valence-corrected chi connectivity index (χ1v) is 7.64. The summed E-state index contributed by atoms with van der Waals surface area (Å²) in [5, 5.41) is 5.88. The molecular formula is C18H15BrFN. The van der Waals surface area contributed by atoms with Crippen molar-refractivity contribution < 1.29 is 4.39 Å². The van der Waals surface area contributed by atoms with Gasteiger partial charge in [-0.1, -0.05) is 58.4 Å². The van der Waals surface area contributed by atoms with Crippen LogP contribution < -0.4 is 5.32 Å². The molecule has 0 saturated heterocycles. The number of fused-ring (bicyclic) bond motifs is 1. The fourth-order valence-electron chi connectivity index (χ4n) is 2.50. The van der Waals surface area contributed by atoms with Gasteiger partial charge >= 0.3 is 0 Å². The van der Waals surface area contributed by atoms with E-state index in [4.69, 9.17) is 0 Å². The second kappa shape index (κ2) is 6.37. The molecule has 0 aromatic heterocycles. The Morgan fingerprint density at radius 3 is 2.57 bits per heavy atom. The third-order valence-electron chi connectivity index (χ3n) is 3.45. The highest BCUT2D eigenvalue weighted by molar-refractivity contribution is 9.10. The van der Waals surface area contributed by atoms with Crippen LogP contribution in [0.1, 0.15) is 11.1 Å². The predicted octanol–water partition coefficient (Wildman–Crippen LogP) is 5.03. The molecule has 0 amide bonds. The number of halogens is 2. The zero-order valence-corrected chi connectivity index (χ0v) is 13.0. The van der Waals surface area contributed by atoms with Gasteiger partial charge in [0.2, 0.25) is 0 Å². The largest absolute Gasteiger partial charge is 0.309 e. The van der Waals surface area contributed by atoms with E-state index < -0.39 is 0 Å². The predicted molar refractivity (Wildman–Crippen MR) is 88.6 cm³/mol. The zero-order chi connectivity index (χ0) is 14.7. The summed E-state index contributed by atoms with van der Waals surface area (Å²) in [5.74, 6) is -0.216. The Labute approximate surface area is 131 Å². The fourth-order valence-corrected chi connectivity index (χ4v) is 3.01. The lowest BCUT2D eigenvalue weighted by atomic mass is 10.0. The maximum Gasteiger partial charge on any atom is 0.124 e. The van der Waals surface area contributed by atoms with Crippen molar-refractivity contribution in [3.63, 3.8) is 0 Å². The average molecular weight is 344 g/mol. The van der Waals surface area contributed by atoms with Crippen LogP contribution >= 0.6 is 15.9 Å². The summed E-state index contributed by atoms with van der Waals surface area (Å²) in [4.78, 5) is 0. The first kappa shape index (κ1) is 14.2. The number of benzene rings is 3. The third-order valence-corrected chi connectivity index (χ3v) is 3.90. The highest BCUT2D eigenvalue weighted by Crippen LogP contribution is 2.19. The molecule has 106 valence electrons. The minimum absolute atomic E-state index is 0.216. The van der Waals surface area contributed by atoms with E-state index in [1.165, 1.54) is 22.4 Å². The second-order valence-electron chi connectivity index (χ2n) is 5.02. The molecule has 0 unspecified atom stereocenters. The van der Waals surface area contributed by atoms with Crippen molar-refractivity contribution in [2.45, 2.75) is 13.1 Å². The minimum Gasteiger partial charge on any atom is -0.309 e. The molecule has 3 heteroatoms. The first-order valence-electron chi connectivity index (χ1n) is 6.85. The van der Waals surface area contributed by atoms with Gasteiger partial charge in [0.05, 0.1) is 0 Å². The van der Waals surface area contributed by atoms with Crippen LogP contribution in [0.2, 0.25) is 0 Å². The van der Waals surface area contributed by atoms with Gasteiger partial charge < -0.3 is 5.32 Å². The normalized spacial score (nSPS) is 11.0. The molecule has 0 spiro atoms. The minimum atomic E-state index is -0.216. The molecule has 0 aliphatic heterocycles. The van der Waals surface area contributed by atoms with Crippen molar-refractivity contribution in [2.75, 3.05) is 0 Å². The number of hydrogen-bond donors (Lipinski definition) is 1. The highest BCUT2D eigenvalue weighted by atomic mass is 79.9. The van der Waals surface area contributed by atoms with Gasteiger partial charge in [0.1, 0.15) is 5.82 Å². The summed E-state index contributed by atoms with van der Waals surface area (Å²) in [7, 11) is 0. The SMILES string of the molecule is Fc1cc(Br)cc(CNCc2cccc3ccccc23)c1. The lowest BCUT2D eigenvalue weighted by Crippen LogP contribution is -2.13. The van der Waals surface area contributed by atoms with E-state index >= 15 is 0 Å². The van der Waals surface area contributed by atoms with Gasteiger partial charge in [-0.3, -0.25) is 0 Å². The summed E-state index contributed by atoms with van der Waals surface area (Å²) in [5.41, 5.74) is 2.19. The first-order chi connectivity index (χ1) is 10.2. The maximum absolute atomic E-state index is 13.3. The summed E-state index contributed by atoms with van der Waals surface area (Å²) in [6, 6.07) is 19.6. The average Bonchev–Trinajstić information content (AvgIpc) is 2.46. The second-order valence-corrected chi connectivity index (χ2v) is 5.94. The topological polar surface area (TPSA) is 12.0 Å². The molecule has 21 heavy (non-hydrogen) atoms. The molecule has 3 rings (SSSR count). The van der Waals surface area contributed by atoms with E-state index in [1.807, 2.05) is 12.1 Å². The van der Waals surface area contributed by atoms with Crippen molar-refractivity contribution in [1.29, 1.82) is 0 Å². The molecule has 0 aliphatic rings. The lowest BCUT2D eigenvalue weighted by molar-refractivity contribution is 0.619. The fraction of sp³-hybridized carbons (Fsp3) is 0.111. The third kappa shape index (κ3) is 3.49. The van der Waals surface area contributed by atoms with Gasteiger partial charge in [0.25, 0.3) is 0 Å². The van der Waals surface area contributed by atoms with Crippen molar-refractivity contribution >= 4 is 26.7 Å². The van der Waals surface area contributed by atoms with Crippen molar-refractivity contribution in [3.05, 3.63) is 82.1 Å². The van der Waals surface area contributed by atoms with Crippen LogP contribution in [0.15, 0.2) is 65.1 Å². The number of rotatable bonds is 4. The van der Waals surface area contributed by atoms with Crippen molar-refractivity contribution in [3.8, 4) is 0 Å². The van der Waals surface area contributed by atoms with Crippen LogP contribution in [0.3, 0.4) is 0 Å². The molecule has 1 N–H and O–H groups in total. The summed E-state index contributed by atoms with van der Waals surface area (Å²) < 4.78 is 14.1. The smallest absolute Gasteiger partial charge is 0.124 e. The van der Waals surface area contributed by atoms with E-state index in [9.17, 15) is 4.39 Å². The molecular weight excluding hydrogens is 329 g/mol.